The summed E-state index contributed by atoms with van der Waals surface area (Å²) in [6.07, 6.45) is 2.61. The molecule has 1 aromatic heterocycles. The number of benzene rings is 1. The van der Waals surface area contributed by atoms with Crippen molar-refractivity contribution in [1.29, 1.82) is 0 Å². The number of aromatic nitrogens is 3. The smallest absolute Gasteiger partial charge is 0.315 e. The third kappa shape index (κ3) is 3.78. The fraction of sp³-hybridized carbons (Fsp3) is 0.500. The molecular weight excluding hydrogens is 356 g/mol. The van der Waals surface area contributed by atoms with Gasteiger partial charge in [0.2, 0.25) is 0 Å². The van der Waals surface area contributed by atoms with Crippen molar-refractivity contribution < 1.29 is 18.3 Å². The zero-order valence-electron chi connectivity index (χ0n) is 14.8. The second kappa shape index (κ2) is 7.59. The molecule has 1 aliphatic carbocycles. The molecule has 9 heteroatoms. The maximum absolute atomic E-state index is 14.0. The number of ether oxygens (including phenoxy) is 1. The molecule has 27 heavy (non-hydrogen) atoms. The van der Waals surface area contributed by atoms with Crippen LogP contribution in [0.3, 0.4) is 0 Å². The Labute approximate surface area is 155 Å². The molecule has 7 nitrogen and oxygen atoms in total. The summed E-state index contributed by atoms with van der Waals surface area (Å²) in [4.78, 5) is 12.3. The lowest BCUT2D eigenvalue weighted by atomic mass is 9.87. The number of amides is 2. The second-order valence-corrected chi connectivity index (χ2v) is 6.77. The molecule has 2 aromatic rings. The Morgan fingerprint density at radius 3 is 3.04 bits per heavy atom. The van der Waals surface area contributed by atoms with Crippen LogP contribution in [0.1, 0.15) is 41.7 Å². The second-order valence-electron chi connectivity index (χ2n) is 6.77. The van der Waals surface area contributed by atoms with Gasteiger partial charge in [-0.1, -0.05) is 0 Å². The lowest BCUT2D eigenvalue weighted by molar-refractivity contribution is 0.139. The Morgan fingerprint density at radius 1 is 1.26 bits per heavy atom. The molecule has 0 bridgehead atoms. The number of rotatable bonds is 3. The number of hydrogen-bond acceptors (Lipinski definition) is 4. The average Bonchev–Trinajstić information content (AvgIpc) is 2.87. The minimum Gasteiger partial charge on any atom is -0.379 e. The summed E-state index contributed by atoms with van der Waals surface area (Å²) in [5.74, 6) is 0.322. The third-order valence-corrected chi connectivity index (χ3v) is 5.04. The maximum Gasteiger partial charge on any atom is 0.315 e. The molecule has 144 valence electrons. The quantitative estimate of drug-likeness (QED) is 0.857. The molecule has 0 spiro atoms. The highest BCUT2D eigenvalue weighted by Crippen LogP contribution is 2.32. The van der Waals surface area contributed by atoms with Gasteiger partial charge < -0.3 is 19.9 Å². The van der Waals surface area contributed by atoms with Crippen LogP contribution < -0.4 is 10.6 Å². The van der Waals surface area contributed by atoms with Gasteiger partial charge in [0.25, 0.3) is 0 Å². The largest absolute Gasteiger partial charge is 0.379 e. The number of fused-ring (bicyclic) bond motifs is 2. The van der Waals surface area contributed by atoms with Crippen LogP contribution in [0.15, 0.2) is 12.1 Å². The maximum atomic E-state index is 14.0. The minimum absolute atomic E-state index is 0.218. The van der Waals surface area contributed by atoms with Crippen LogP contribution in [0.2, 0.25) is 0 Å². The van der Waals surface area contributed by atoms with Crippen molar-refractivity contribution in [2.45, 2.75) is 44.8 Å². The van der Waals surface area contributed by atoms with Gasteiger partial charge in [-0.05, 0) is 36.5 Å². The van der Waals surface area contributed by atoms with Gasteiger partial charge in [0.1, 0.15) is 17.5 Å². The minimum atomic E-state index is -0.631. The van der Waals surface area contributed by atoms with E-state index in [2.05, 4.69) is 20.8 Å². The zero-order valence-corrected chi connectivity index (χ0v) is 14.8. The standard InChI is InChI=1S/C18H21F2N5O2/c19-11-8-13-12(14(20)9-11)2-1-3-15(13)22-18(26)21-10-17-24-23-16-4-6-27-7-5-25(16)17/h8-9,15H,1-7,10H2,(H2,21,22,26)/t15-/m0/s1. The van der Waals surface area contributed by atoms with Crippen molar-refractivity contribution in [3.63, 3.8) is 0 Å². The highest BCUT2D eigenvalue weighted by atomic mass is 19.1. The van der Waals surface area contributed by atoms with Crippen LogP contribution in [0.25, 0.3) is 0 Å². The van der Waals surface area contributed by atoms with Gasteiger partial charge in [-0.25, -0.2) is 13.6 Å². The van der Waals surface area contributed by atoms with Crippen LogP contribution >= 0.6 is 0 Å². The summed E-state index contributed by atoms with van der Waals surface area (Å²) >= 11 is 0. The van der Waals surface area contributed by atoms with Gasteiger partial charge >= 0.3 is 6.03 Å². The van der Waals surface area contributed by atoms with Crippen molar-refractivity contribution in [1.82, 2.24) is 25.4 Å². The Hall–Kier alpha value is -2.55. The van der Waals surface area contributed by atoms with Gasteiger partial charge in [-0.3, -0.25) is 0 Å². The molecule has 2 amide bonds. The molecule has 2 heterocycles. The summed E-state index contributed by atoms with van der Waals surface area (Å²) in [6, 6.07) is 1.38. The van der Waals surface area contributed by atoms with Crippen molar-refractivity contribution in [2.24, 2.45) is 0 Å². The first kappa shape index (κ1) is 17.8. The van der Waals surface area contributed by atoms with E-state index in [-0.39, 0.29) is 6.54 Å². The molecule has 1 aliphatic heterocycles. The summed E-state index contributed by atoms with van der Waals surface area (Å²) in [5.41, 5.74) is 0.998. The van der Waals surface area contributed by atoms with E-state index in [0.29, 0.717) is 56.0 Å². The molecule has 1 aromatic carbocycles. The molecule has 0 radical (unpaired) electrons. The van der Waals surface area contributed by atoms with E-state index in [0.717, 1.165) is 18.3 Å². The van der Waals surface area contributed by atoms with Crippen LogP contribution in [-0.4, -0.2) is 34.0 Å². The van der Waals surface area contributed by atoms with Gasteiger partial charge in [0.15, 0.2) is 5.82 Å². The van der Waals surface area contributed by atoms with Crippen molar-refractivity contribution in [2.75, 3.05) is 13.2 Å². The third-order valence-electron chi connectivity index (χ3n) is 5.04. The van der Waals surface area contributed by atoms with E-state index in [1.165, 1.54) is 6.07 Å². The van der Waals surface area contributed by atoms with Crippen LogP contribution in [0.4, 0.5) is 13.6 Å². The highest BCUT2D eigenvalue weighted by Gasteiger charge is 2.25. The van der Waals surface area contributed by atoms with E-state index >= 15 is 0 Å². The molecule has 0 saturated carbocycles. The number of nitrogens with zero attached hydrogens (tertiary/aromatic N) is 3. The topological polar surface area (TPSA) is 81.1 Å². The molecule has 0 fully saturated rings. The first-order valence-electron chi connectivity index (χ1n) is 9.12. The van der Waals surface area contributed by atoms with Gasteiger partial charge in [0, 0.05) is 19.0 Å². The number of urea groups is 1. The number of carbonyl (C=O) groups is 1. The highest BCUT2D eigenvalue weighted by molar-refractivity contribution is 5.74. The van der Waals surface area contributed by atoms with E-state index in [9.17, 15) is 13.6 Å². The molecular formula is C18H21F2N5O2. The van der Waals surface area contributed by atoms with Crippen molar-refractivity contribution in [3.8, 4) is 0 Å². The van der Waals surface area contributed by atoms with Crippen LogP contribution in [0.5, 0.6) is 0 Å². The molecule has 2 N–H and O–H groups in total. The Bertz CT molecular complexity index is 855. The monoisotopic (exact) mass is 377 g/mol. The lowest BCUT2D eigenvalue weighted by Gasteiger charge is -2.26. The number of halogens is 2. The Morgan fingerprint density at radius 2 is 2.15 bits per heavy atom. The summed E-state index contributed by atoms with van der Waals surface area (Å²) in [6.45, 7) is 2.06. The molecule has 4 rings (SSSR count). The Kier molecular flexibility index (Phi) is 5.02. The fourth-order valence-electron chi connectivity index (χ4n) is 3.72. The Balaban J connectivity index is 1.41. The molecule has 1 atom stereocenters. The predicted molar refractivity (Wildman–Crippen MR) is 92.0 cm³/mol. The van der Waals surface area contributed by atoms with Crippen LogP contribution in [-0.2, 0) is 30.7 Å². The molecule has 0 saturated heterocycles. The van der Waals surface area contributed by atoms with E-state index in [1.54, 1.807) is 0 Å². The van der Waals surface area contributed by atoms with Gasteiger partial charge in [-0.15, -0.1) is 10.2 Å². The fourth-order valence-corrected chi connectivity index (χ4v) is 3.72. The SMILES string of the molecule is O=C(NCc1nnc2n1CCOCC2)N[C@H]1CCCc2c(F)cc(F)cc21. The van der Waals surface area contributed by atoms with Crippen LogP contribution in [0, 0.1) is 11.6 Å². The number of nitrogens with one attached hydrogen (secondary N) is 2. The zero-order chi connectivity index (χ0) is 18.8. The number of carbonyl (C=O) groups excluding carboxylic acids is 1. The predicted octanol–water partition coefficient (Wildman–Crippen LogP) is 2.01. The summed E-state index contributed by atoms with van der Waals surface area (Å²) in [7, 11) is 0. The lowest BCUT2D eigenvalue weighted by Crippen LogP contribution is -2.39. The van der Waals surface area contributed by atoms with Gasteiger partial charge in [-0.2, -0.15) is 0 Å². The summed E-state index contributed by atoms with van der Waals surface area (Å²) in [5, 5.41) is 13.9. The number of hydrogen-bond donors (Lipinski definition) is 2. The summed E-state index contributed by atoms with van der Waals surface area (Å²) < 4.78 is 34.9. The molecule has 0 unspecified atom stereocenters. The van der Waals surface area contributed by atoms with Crippen molar-refractivity contribution in [3.05, 3.63) is 46.5 Å². The van der Waals surface area contributed by atoms with Gasteiger partial charge in [0.05, 0.1) is 25.8 Å². The normalized spacial score (nSPS) is 19.0. The van der Waals surface area contributed by atoms with E-state index in [4.69, 9.17) is 4.74 Å². The van der Waals surface area contributed by atoms with E-state index < -0.39 is 23.7 Å². The average molecular weight is 377 g/mol. The molecule has 2 aliphatic rings. The van der Waals surface area contributed by atoms with Crippen molar-refractivity contribution >= 4 is 6.03 Å². The first-order valence-corrected chi connectivity index (χ1v) is 9.12. The first-order chi connectivity index (χ1) is 13.1. The van der Waals surface area contributed by atoms with E-state index in [1.807, 2.05) is 4.57 Å².